The maximum absolute atomic E-state index is 12.2. The van der Waals surface area contributed by atoms with E-state index in [2.05, 4.69) is 0 Å². The number of aliphatic hydroxyl groups excluding tert-OH is 1. The Morgan fingerprint density at radius 1 is 1.53 bits per heavy atom. The minimum atomic E-state index is -3.39. The van der Waals surface area contributed by atoms with E-state index >= 15 is 0 Å². The molecule has 0 radical (unpaired) electrons. The van der Waals surface area contributed by atoms with E-state index in [9.17, 15) is 8.42 Å². The number of aliphatic hydroxyl groups is 1. The molecule has 1 aromatic heterocycles. The van der Waals surface area contributed by atoms with Crippen LogP contribution in [0.15, 0.2) is 15.7 Å². The minimum Gasteiger partial charge on any atom is -0.392 e. The van der Waals surface area contributed by atoms with Crippen molar-refractivity contribution in [3.8, 4) is 0 Å². The van der Waals surface area contributed by atoms with Gasteiger partial charge in [0.1, 0.15) is 4.21 Å². The highest BCUT2D eigenvalue weighted by molar-refractivity contribution is 7.91. The van der Waals surface area contributed by atoms with Crippen LogP contribution in [-0.2, 0) is 16.6 Å². The van der Waals surface area contributed by atoms with Crippen LogP contribution < -0.4 is 0 Å². The second kappa shape index (κ2) is 5.95. The van der Waals surface area contributed by atoms with Crippen molar-refractivity contribution in [3.05, 3.63) is 17.0 Å². The summed E-state index contributed by atoms with van der Waals surface area (Å²) in [7, 11) is -1.80. The molecule has 6 heteroatoms. The predicted octanol–water partition coefficient (Wildman–Crippen LogP) is 1.91. The van der Waals surface area contributed by atoms with E-state index in [1.807, 2.05) is 13.8 Å². The summed E-state index contributed by atoms with van der Waals surface area (Å²) in [6.07, 6.45) is 0.951. The van der Waals surface area contributed by atoms with E-state index in [4.69, 9.17) is 5.11 Å². The van der Waals surface area contributed by atoms with Gasteiger partial charge in [-0.25, -0.2) is 8.42 Å². The fraction of sp³-hybridized carbons (Fsp3) is 0.636. The maximum Gasteiger partial charge on any atom is 0.252 e. The Balaban J connectivity index is 2.87. The summed E-state index contributed by atoms with van der Waals surface area (Å²) >= 11 is 1.15. The van der Waals surface area contributed by atoms with Gasteiger partial charge in [-0.05, 0) is 22.9 Å². The van der Waals surface area contributed by atoms with Crippen LogP contribution >= 0.6 is 11.3 Å². The normalized spacial score (nSPS) is 14.2. The summed E-state index contributed by atoms with van der Waals surface area (Å²) < 4.78 is 26.0. The van der Waals surface area contributed by atoms with Crippen LogP contribution in [0.2, 0.25) is 0 Å². The molecule has 0 spiro atoms. The van der Waals surface area contributed by atoms with Gasteiger partial charge in [-0.15, -0.1) is 11.3 Å². The van der Waals surface area contributed by atoms with Crippen molar-refractivity contribution in [2.75, 3.05) is 13.6 Å². The molecule has 0 aromatic carbocycles. The summed E-state index contributed by atoms with van der Waals surface area (Å²) in [4.78, 5) is 0. The standard InChI is InChI=1S/C11H19NO3S2/c1-4-9(2)6-12(3)17(14,15)11-5-10(7-13)8-16-11/h5,8-9,13H,4,6-7H2,1-3H3. The molecule has 98 valence electrons. The molecule has 1 atom stereocenters. The molecular formula is C11H19NO3S2. The van der Waals surface area contributed by atoms with Crippen molar-refractivity contribution in [1.29, 1.82) is 0 Å². The average Bonchev–Trinajstić information content (AvgIpc) is 2.77. The number of sulfonamides is 1. The molecule has 0 bridgehead atoms. The Bertz CT molecular complexity index is 453. The van der Waals surface area contributed by atoms with Crippen LogP contribution in [0.3, 0.4) is 0 Å². The zero-order valence-electron chi connectivity index (χ0n) is 10.4. The molecule has 0 saturated carbocycles. The van der Waals surface area contributed by atoms with Crippen molar-refractivity contribution in [2.45, 2.75) is 31.1 Å². The van der Waals surface area contributed by atoms with Crippen LogP contribution in [0, 0.1) is 5.92 Å². The van der Waals surface area contributed by atoms with Crippen LogP contribution in [0.1, 0.15) is 25.8 Å². The third-order valence-electron chi connectivity index (χ3n) is 2.74. The van der Waals surface area contributed by atoms with Crippen LogP contribution in [0.4, 0.5) is 0 Å². The Morgan fingerprint density at radius 3 is 2.65 bits per heavy atom. The average molecular weight is 277 g/mol. The van der Waals surface area contributed by atoms with E-state index in [-0.39, 0.29) is 6.61 Å². The van der Waals surface area contributed by atoms with Gasteiger partial charge in [-0.2, -0.15) is 4.31 Å². The lowest BCUT2D eigenvalue weighted by Crippen LogP contribution is -2.30. The van der Waals surface area contributed by atoms with Gasteiger partial charge < -0.3 is 5.11 Å². The molecule has 1 unspecified atom stereocenters. The molecule has 0 amide bonds. The van der Waals surface area contributed by atoms with E-state index in [1.54, 1.807) is 12.4 Å². The van der Waals surface area contributed by atoms with Crippen molar-refractivity contribution in [1.82, 2.24) is 4.31 Å². The number of rotatable bonds is 6. The molecule has 17 heavy (non-hydrogen) atoms. The summed E-state index contributed by atoms with van der Waals surface area (Å²) in [5, 5.41) is 10.6. The van der Waals surface area contributed by atoms with Gasteiger partial charge in [0.15, 0.2) is 0 Å². The van der Waals surface area contributed by atoms with Gasteiger partial charge >= 0.3 is 0 Å². The SMILES string of the molecule is CCC(C)CN(C)S(=O)(=O)c1cc(CO)cs1. The van der Waals surface area contributed by atoms with E-state index in [0.717, 1.165) is 17.8 Å². The fourth-order valence-electron chi connectivity index (χ4n) is 1.39. The van der Waals surface area contributed by atoms with E-state index < -0.39 is 10.0 Å². The largest absolute Gasteiger partial charge is 0.392 e. The first-order valence-corrected chi connectivity index (χ1v) is 7.88. The molecule has 4 nitrogen and oxygen atoms in total. The van der Waals surface area contributed by atoms with Crippen LogP contribution in [0.25, 0.3) is 0 Å². The molecule has 1 heterocycles. The van der Waals surface area contributed by atoms with Gasteiger partial charge in [-0.1, -0.05) is 20.3 Å². The highest BCUT2D eigenvalue weighted by atomic mass is 32.2. The summed E-state index contributed by atoms with van der Waals surface area (Å²) in [5.74, 6) is 0.340. The molecule has 0 aliphatic heterocycles. The third kappa shape index (κ3) is 3.51. The first-order valence-electron chi connectivity index (χ1n) is 5.56. The lowest BCUT2D eigenvalue weighted by Gasteiger charge is -2.19. The number of nitrogens with zero attached hydrogens (tertiary/aromatic N) is 1. The fourth-order valence-corrected chi connectivity index (χ4v) is 4.09. The topological polar surface area (TPSA) is 57.6 Å². The molecule has 1 aromatic rings. The molecular weight excluding hydrogens is 258 g/mol. The molecule has 1 N–H and O–H groups in total. The predicted molar refractivity (Wildman–Crippen MR) is 69.5 cm³/mol. The van der Waals surface area contributed by atoms with Gasteiger partial charge in [0, 0.05) is 13.6 Å². The highest BCUT2D eigenvalue weighted by Crippen LogP contribution is 2.24. The molecule has 0 saturated heterocycles. The highest BCUT2D eigenvalue weighted by Gasteiger charge is 2.23. The van der Waals surface area contributed by atoms with Gasteiger partial charge in [0.25, 0.3) is 10.0 Å². The van der Waals surface area contributed by atoms with Crippen molar-refractivity contribution < 1.29 is 13.5 Å². The van der Waals surface area contributed by atoms with Gasteiger partial charge in [0.2, 0.25) is 0 Å². The van der Waals surface area contributed by atoms with Crippen LogP contribution in [-0.4, -0.2) is 31.4 Å². The smallest absolute Gasteiger partial charge is 0.252 e. The van der Waals surface area contributed by atoms with Crippen molar-refractivity contribution in [3.63, 3.8) is 0 Å². The maximum atomic E-state index is 12.2. The Labute approximate surface area is 107 Å². The second-order valence-electron chi connectivity index (χ2n) is 4.23. The van der Waals surface area contributed by atoms with Gasteiger partial charge in [0.05, 0.1) is 6.61 Å². The number of hydrogen-bond acceptors (Lipinski definition) is 4. The second-order valence-corrected chi connectivity index (χ2v) is 7.41. The number of hydrogen-bond donors (Lipinski definition) is 1. The zero-order valence-corrected chi connectivity index (χ0v) is 12.0. The Kier molecular flexibility index (Phi) is 5.12. The number of thiophene rings is 1. The van der Waals surface area contributed by atoms with E-state index in [0.29, 0.717) is 22.2 Å². The van der Waals surface area contributed by atoms with E-state index in [1.165, 1.54) is 10.4 Å². The lowest BCUT2D eigenvalue weighted by atomic mass is 10.1. The monoisotopic (exact) mass is 277 g/mol. The molecule has 1 rings (SSSR count). The first-order chi connectivity index (χ1) is 7.91. The van der Waals surface area contributed by atoms with Crippen molar-refractivity contribution in [2.24, 2.45) is 5.92 Å². The summed E-state index contributed by atoms with van der Waals surface area (Å²) in [6.45, 7) is 4.46. The Hall–Kier alpha value is -0.430. The quantitative estimate of drug-likeness (QED) is 0.864. The summed E-state index contributed by atoms with van der Waals surface area (Å²) in [6, 6.07) is 1.53. The van der Waals surface area contributed by atoms with Crippen molar-refractivity contribution >= 4 is 21.4 Å². The molecule has 0 fully saturated rings. The molecule has 0 aliphatic rings. The minimum absolute atomic E-state index is 0.124. The van der Waals surface area contributed by atoms with Gasteiger partial charge in [-0.3, -0.25) is 0 Å². The Morgan fingerprint density at radius 2 is 2.18 bits per heavy atom. The summed E-state index contributed by atoms with van der Waals surface area (Å²) in [5.41, 5.74) is 0.644. The van der Waals surface area contributed by atoms with Crippen LogP contribution in [0.5, 0.6) is 0 Å². The lowest BCUT2D eigenvalue weighted by molar-refractivity contribution is 0.282. The third-order valence-corrected chi connectivity index (χ3v) is 6.03. The molecule has 0 aliphatic carbocycles. The first kappa shape index (κ1) is 14.6. The zero-order chi connectivity index (χ0) is 13.1.